The lowest BCUT2D eigenvalue weighted by Gasteiger charge is -2.14. The van der Waals surface area contributed by atoms with E-state index in [0.29, 0.717) is 6.07 Å². The Bertz CT molecular complexity index is 1050. The molecule has 0 aliphatic heterocycles. The lowest BCUT2D eigenvalue weighted by atomic mass is 10.2. The van der Waals surface area contributed by atoms with Crippen LogP contribution < -0.4 is 10.9 Å². The lowest BCUT2D eigenvalue weighted by Crippen LogP contribution is -2.13. The lowest BCUT2D eigenvalue weighted by molar-refractivity contribution is -0.137. The molecular weight excluding hydrogens is 417 g/mol. The highest BCUT2D eigenvalue weighted by molar-refractivity contribution is 7.90. The topological polar surface area (TPSA) is 120 Å². The van der Waals surface area contributed by atoms with Crippen LogP contribution in [0.5, 0.6) is 0 Å². The number of alkyl halides is 3. The van der Waals surface area contributed by atoms with E-state index in [0.717, 1.165) is 18.2 Å². The standard InChI is InChI=1S/C14H12ClF3N2O4S2/c15-11-6-12(19)10(14(16,17)18)5-13(11)25(21,22)7-8-1-3-9(4-2-8)26(20,23)24/h1-6H,7,19H2,(H2,20,23,24). The zero-order valence-corrected chi connectivity index (χ0v) is 15.2. The Hall–Kier alpha value is -1.82. The Morgan fingerprint density at radius 1 is 1.00 bits per heavy atom. The van der Waals surface area contributed by atoms with Crippen LogP contribution in [0.2, 0.25) is 5.02 Å². The molecule has 0 atom stereocenters. The van der Waals surface area contributed by atoms with E-state index in [-0.39, 0.29) is 10.5 Å². The molecule has 26 heavy (non-hydrogen) atoms. The van der Waals surface area contributed by atoms with Crippen molar-refractivity contribution in [3.8, 4) is 0 Å². The van der Waals surface area contributed by atoms with Gasteiger partial charge in [0, 0.05) is 5.69 Å². The Morgan fingerprint density at radius 2 is 1.54 bits per heavy atom. The van der Waals surface area contributed by atoms with Crippen molar-refractivity contribution in [2.24, 2.45) is 5.14 Å². The van der Waals surface area contributed by atoms with Crippen molar-refractivity contribution in [3.63, 3.8) is 0 Å². The van der Waals surface area contributed by atoms with Crippen LogP contribution in [0.4, 0.5) is 18.9 Å². The summed E-state index contributed by atoms with van der Waals surface area (Å²) >= 11 is 5.77. The number of sulfonamides is 1. The van der Waals surface area contributed by atoms with Crippen molar-refractivity contribution >= 4 is 37.1 Å². The Kier molecular flexibility index (Phi) is 5.30. The van der Waals surface area contributed by atoms with Gasteiger partial charge in [-0.15, -0.1) is 0 Å². The summed E-state index contributed by atoms with van der Waals surface area (Å²) in [7, 11) is -8.22. The molecule has 2 aromatic rings. The van der Waals surface area contributed by atoms with Gasteiger partial charge in [0.15, 0.2) is 9.84 Å². The molecule has 0 fully saturated rings. The van der Waals surface area contributed by atoms with Crippen LogP contribution in [0.3, 0.4) is 0 Å². The van der Waals surface area contributed by atoms with Crippen LogP contribution in [0.25, 0.3) is 0 Å². The maximum atomic E-state index is 12.9. The third-order valence-electron chi connectivity index (χ3n) is 3.35. The number of hydrogen-bond donors (Lipinski definition) is 2. The molecule has 0 spiro atoms. The number of rotatable bonds is 4. The van der Waals surface area contributed by atoms with Gasteiger partial charge in [-0.3, -0.25) is 0 Å². The minimum atomic E-state index is -4.85. The van der Waals surface area contributed by atoms with E-state index in [2.05, 4.69) is 0 Å². The van der Waals surface area contributed by atoms with Gasteiger partial charge in [-0.1, -0.05) is 23.7 Å². The average molecular weight is 429 g/mol. The molecule has 0 unspecified atom stereocenters. The summed E-state index contributed by atoms with van der Waals surface area (Å²) in [5.41, 5.74) is 3.39. The molecule has 142 valence electrons. The number of hydrogen-bond acceptors (Lipinski definition) is 5. The van der Waals surface area contributed by atoms with Crippen molar-refractivity contribution in [1.29, 1.82) is 0 Å². The van der Waals surface area contributed by atoms with Crippen molar-refractivity contribution in [2.45, 2.75) is 21.7 Å². The van der Waals surface area contributed by atoms with Crippen LogP contribution in [0.1, 0.15) is 11.1 Å². The van der Waals surface area contributed by atoms with Gasteiger partial charge in [-0.05, 0) is 29.8 Å². The smallest absolute Gasteiger partial charge is 0.398 e. The summed E-state index contributed by atoms with van der Waals surface area (Å²) in [5, 5.41) is 4.49. The second-order valence-corrected chi connectivity index (χ2v) is 9.24. The second kappa shape index (κ2) is 6.72. The molecule has 0 aliphatic rings. The number of benzene rings is 2. The van der Waals surface area contributed by atoms with Gasteiger partial charge in [-0.2, -0.15) is 13.2 Å². The second-order valence-electron chi connectivity index (χ2n) is 5.32. The zero-order valence-electron chi connectivity index (χ0n) is 12.8. The van der Waals surface area contributed by atoms with E-state index in [1.807, 2.05) is 0 Å². The van der Waals surface area contributed by atoms with Gasteiger partial charge in [0.05, 0.1) is 26.1 Å². The number of anilines is 1. The van der Waals surface area contributed by atoms with Crippen molar-refractivity contribution in [3.05, 3.63) is 52.5 Å². The maximum Gasteiger partial charge on any atom is 0.418 e. The largest absolute Gasteiger partial charge is 0.418 e. The van der Waals surface area contributed by atoms with Gasteiger partial charge in [-0.25, -0.2) is 22.0 Å². The van der Waals surface area contributed by atoms with E-state index < -0.39 is 53.0 Å². The summed E-state index contributed by atoms with van der Waals surface area (Å²) < 4.78 is 86.1. The number of nitrogen functional groups attached to an aromatic ring is 1. The third kappa shape index (κ3) is 4.47. The molecule has 2 rings (SSSR count). The van der Waals surface area contributed by atoms with Crippen LogP contribution in [0, 0.1) is 0 Å². The quantitative estimate of drug-likeness (QED) is 0.725. The number of nitrogens with two attached hydrogens (primary N) is 2. The molecule has 0 saturated carbocycles. The van der Waals surface area contributed by atoms with Crippen LogP contribution in [-0.2, 0) is 31.8 Å². The third-order valence-corrected chi connectivity index (χ3v) is 6.43. The normalized spacial score (nSPS) is 13.0. The molecule has 2 aromatic carbocycles. The van der Waals surface area contributed by atoms with Crippen molar-refractivity contribution in [1.82, 2.24) is 0 Å². The fraction of sp³-hybridized carbons (Fsp3) is 0.143. The molecule has 0 aliphatic carbocycles. The van der Waals surface area contributed by atoms with Crippen molar-refractivity contribution in [2.75, 3.05) is 5.73 Å². The van der Waals surface area contributed by atoms with Gasteiger partial charge < -0.3 is 5.73 Å². The first-order valence-corrected chi connectivity index (χ1v) is 10.3. The summed E-state index contributed by atoms with van der Waals surface area (Å²) in [4.78, 5) is -0.959. The number of sulfone groups is 1. The van der Waals surface area contributed by atoms with Gasteiger partial charge >= 0.3 is 6.18 Å². The highest BCUT2D eigenvalue weighted by Crippen LogP contribution is 2.38. The summed E-state index contributed by atoms with van der Waals surface area (Å²) in [6.45, 7) is 0. The Morgan fingerprint density at radius 3 is 2.00 bits per heavy atom. The molecule has 6 nitrogen and oxygen atoms in total. The molecule has 0 radical (unpaired) electrons. The predicted octanol–water partition coefficient (Wildman–Crippen LogP) is 2.56. The summed E-state index contributed by atoms with van der Waals surface area (Å²) in [6.07, 6.45) is -4.85. The molecule has 4 N–H and O–H groups in total. The highest BCUT2D eigenvalue weighted by Gasteiger charge is 2.35. The molecule has 0 amide bonds. The van der Waals surface area contributed by atoms with E-state index in [1.165, 1.54) is 12.1 Å². The Labute approximate surface area is 152 Å². The summed E-state index contributed by atoms with van der Waals surface area (Å²) in [5.74, 6) is -0.696. The molecule has 0 saturated heterocycles. The monoisotopic (exact) mass is 428 g/mol. The van der Waals surface area contributed by atoms with Crippen LogP contribution in [-0.4, -0.2) is 16.8 Å². The molecular formula is C14H12ClF3N2O4S2. The minimum Gasteiger partial charge on any atom is -0.398 e. The summed E-state index contributed by atoms with van der Waals surface area (Å²) in [6, 6.07) is 5.66. The first-order chi connectivity index (χ1) is 11.7. The van der Waals surface area contributed by atoms with Crippen LogP contribution in [0.15, 0.2) is 46.2 Å². The number of halogens is 4. The molecule has 0 aromatic heterocycles. The first kappa shape index (κ1) is 20.5. The molecule has 0 bridgehead atoms. The molecule has 0 heterocycles. The van der Waals surface area contributed by atoms with Gasteiger partial charge in [0.2, 0.25) is 10.0 Å². The van der Waals surface area contributed by atoms with E-state index in [1.54, 1.807) is 0 Å². The van der Waals surface area contributed by atoms with Crippen LogP contribution >= 0.6 is 11.6 Å². The predicted molar refractivity (Wildman–Crippen MR) is 89.6 cm³/mol. The zero-order chi connectivity index (χ0) is 19.9. The maximum absolute atomic E-state index is 12.9. The highest BCUT2D eigenvalue weighted by atomic mass is 35.5. The number of primary sulfonamides is 1. The van der Waals surface area contributed by atoms with Crippen molar-refractivity contribution < 1.29 is 30.0 Å². The fourth-order valence-corrected chi connectivity index (χ4v) is 4.61. The first-order valence-electron chi connectivity index (χ1n) is 6.72. The average Bonchev–Trinajstić information content (AvgIpc) is 2.44. The van der Waals surface area contributed by atoms with Gasteiger partial charge in [0.1, 0.15) is 0 Å². The molecule has 12 heteroatoms. The SMILES string of the molecule is Nc1cc(Cl)c(S(=O)(=O)Cc2ccc(S(N)(=O)=O)cc2)cc1C(F)(F)F. The van der Waals surface area contributed by atoms with Gasteiger partial charge in [0.25, 0.3) is 0 Å². The van der Waals surface area contributed by atoms with E-state index in [4.69, 9.17) is 22.5 Å². The minimum absolute atomic E-state index is 0.138. The van der Waals surface area contributed by atoms with E-state index >= 15 is 0 Å². The van der Waals surface area contributed by atoms with E-state index in [9.17, 15) is 30.0 Å². The fourth-order valence-electron chi connectivity index (χ4n) is 2.13. The Balaban J connectivity index is 2.45.